The minimum atomic E-state index is -1.15. The molecular formula is C33H37IN4O8. The standard InChI is InChI=1S/C33H37IN4O8/c1-6-44-26-15-23(30-29(32(40)43-5)20(3)36-33(41)37-30)11-12-25(26)45-18-28(39)38-35-16-22-13-24(34)31(27(14-22)42-4)46-17-21-9-7-19(2)8-10-21/h7-16,28,30,38-39H,6,17-18H2,1-5H3,(H2,36,37,41)/b35-16-/t28-,30+/m0/s1. The molecule has 12 nitrogen and oxygen atoms in total. The van der Waals surface area contributed by atoms with Gasteiger partial charge in [-0.2, -0.15) is 5.10 Å². The number of amides is 2. The van der Waals surface area contributed by atoms with Crippen LogP contribution in [0.15, 0.2) is 71.0 Å². The van der Waals surface area contributed by atoms with Crippen molar-refractivity contribution in [2.24, 2.45) is 5.10 Å². The molecule has 2 amide bonds. The van der Waals surface area contributed by atoms with Gasteiger partial charge in [0.25, 0.3) is 0 Å². The maximum absolute atomic E-state index is 12.5. The number of benzene rings is 3. The van der Waals surface area contributed by atoms with Crippen molar-refractivity contribution in [2.75, 3.05) is 27.4 Å². The van der Waals surface area contributed by atoms with E-state index in [1.807, 2.05) is 44.2 Å². The molecule has 2 atom stereocenters. The average molecular weight is 745 g/mol. The Bertz CT molecular complexity index is 1610. The number of nitrogens with one attached hydrogen (secondary N) is 3. The SMILES string of the molecule is CCOc1cc([C@H]2NC(=O)NC(C)=C2C(=O)OC)ccc1OC[C@H](O)N/N=C\c1cc(I)c(OCc2ccc(C)cc2)c(OC)c1. The van der Waals surface area contributed by atoms with E-state index in [0.29, 0.717) is 47.5 Å². The van der Waals surface area contributed by atoms with Crippen LogP contribution in [0.1, 0.15) is 42.1 Å². The number of ether oxygens (including phenoxy) is 5. The highest BCUT2D eigenvalue weighted by atomic mass is 127. The first-order chi connectivity index (χ1) is 22.1. The zero-order chi connectivity index (χ0) is 33.2. The van der Waals surface area contributed by atoms with Crippen molar-refractivity contribution in [3.63, 3.8) is 0 Å². The molecule has 0 bridgehead atoms. The summed E-state index contributed by atoms with van der Waals surface area (Å²) in [5, 5.41) is 20.0. The first-order valence-electron chi connectivity index (χ1n) is 14.4. The van der Waals surface area contributed by atoms with Gasteiger partial charge in [0.05, 0.1) is 42.2 Å². The van der Waals surface area contributed by atoms with Crippen molar-refractivity contribution in [1.82, 2.24) is 16.1 Å². The first-order valence-corrected chi connectivity index (χ1v) is 15.5. The lowest BCUT2D eigenvalue weighted by atomic mass is 9.95. The van der Waals surface area contributed by atoms with Crippen molar-refractivity contribution in [2.45, 2.75) is 39.6 Å². The molecule has 46 heavy (non-hydrogen) atoms. The van der Waals surface area contributed by atoms with Crippen LogP contribution in [0.2, 0.25) is 0 Å². The van der Waals surface area contributed by atoms with E-state index < -0.39 is 24.3 Å². The number of hydrogen-bond donors (Lipinski definition) is 4. The quantitative estimate of drug-likeness (QED) is 0.0606. The Balaban J connectivity index is 1.38. The molecule has 1 aliphatic rings. The minimum absolute atomic E-state index is 0.153. The summed E-state index contributed by atoms with van der Waals surface area (Å²) in [6, 6.07) is 15.6. The van der Waals surface area contributed by atoms with Crippen LogP contribution in [0.25, 0.3) is 0 Å². The Labute approximate surface area is 281 Å². The first kappa shape index (κ1) is 34.4. The maximum Gasteiger partial charge on any atom is 0.337 e. The normalized spacial score (nSPS) is 15.1. The summed E-state index contributed by atoms with van der Waals surface area (Å²) in [6.07, 6.45) is 0.406. The van der Waals surface area contributed by atoms with Crippen LogP contribution in [-0.2, 0) is 16.1 Å². The highest BCUT2D eigenvalue weighted by molar-refractivity contribution is 14.1. The third-order valence-corrected chi connectivity index (χ3v) is 7.67. The van der Waals surface area contributed by atoms with E-state index in [-0.39, 0.29) is 12.2 Å². The van der Waals surface area contributed by atoms with Crippen molar-refractivity contribution in [1.29, 1.82) is 0 Å². The summed E-state index contributed by atoms with van der Waals surface area (Å²) < 4.78 is 29.0. The van der Waals surface area contributed by atoms with Gasteiger partial charge in [0.2, 0.25) is 0 Å². The number of aliphatic hydroxyl groups is 1. The molecule has 3 aromatic rings. The predicted octanol–water partition coefficient (Wildman–Crippen LogP) is 4.71. The third-order valence-electron chi connectivity index (χ3n) is 6.86. The van der Waals surface area contributed by atoms with Gasteiger partial charge in [-0.1, -0.05) is 35.9 Å². The second-order valence-electron chi connectivity index (χ2n) is 10.2. The highest BCUT2D eigenvalue weighted by Crippen LogP contribution is 2.36. The number of aryl methyl sites for hydroxylation is 1. The maximum atomic E-state index is 12.5. The molecule has 1 aliphatic heterocycles. The second-order valence-corrected chi connectivity index (χ2v) is 11.4. The number of allylic oxidation sites excluding steroid dienone is 1. The van der Waals surface area contributed by atoms with Gasteiger partial charge in [0, 0.05) is 5.70 Å². The van der Waals surface area contributed by atoms with Crippen LogP contribution in [0.4, 0.5) is 4.79 Å². The molecule has 0 saturated heterocycles. The lowest BCUT2D eigenvalue weighted by Gasteiger charge is -2.28. The van der Waals surface area contributed by atoms with E-state index in [0.717, 1.165) is 14.7 Å². The topological polar surface area (TPSA) is 149 Å². The number of esters is 1. The monoisotopic (exact) mass is 744 g/mol. The van der Waals surface area contributed by atoms with E-state index in [4.69, 9.17) is 23.7 Å². The summed E-state index contributed by atoms with van der Waals surface area (Å²) in [6.45, 7) is 6.07. The van der Waals surface area contributed by atoms with Crippen LogP contribution in [0.5, 0.6) is 23.0 Å². The lowest BCUT2D eigenvalue weighted by Crippen LogP contribution is -2.45. The van der Waals surface area contributed by atoms with Crippen LogP contribution in [-0.4, -0.2) is 57.0 Å². The van der Waals surface area contributed by atoms with E-state index >= 15 is 0 Å². The van der Waals surface area contributed by atoms with E-state index in [9.17, 15) is 14.7 Å². The molecule has 244 valence electrons. The largest absolute Gasteiger partial charge is 0.493 e. The molecular weight excluding hydrogens is 707 g/mol. The van der Waals surface area contributed by atoms with E-state index in [1.54, 1.807) is 44.5 Å². The van der Waals surface area contributed by atoms with Gasteiger partial charge in [-0.05, 0) is 84.3 Å². The van der Waals surface area contributed by atoms with Crippen LogP contribution < -0.4 is 35.0 Å². The molecule has 13 heteroatoms. The zero-order valence-electron chi connectivity index (χ0n) is 26.2. The molecule has 3 aromatic carbocycles. The minimum Gasteiger partial charge on any atom is -0.493 e. The fourth-order valence-electron chi connectivity index (χ4n) is 4.61. The molecule has 4 rings (SSSR count). The summed E-state index contributed by atoms with van der Waals surface area (Å²) in [4.78, 5) is 24.6. The van der Waals surface area contributed by atoms with E-state index in [2.05, 4.69) is 43.8 Å². The van der Waals surface area contributed by atoms with Crippen LogP contribution in [0, 0.1) is 10.5 Å². The van der Waals surface area contributed by atoms with Crippen molar-refractivity contribution in [3.8, 4) is 23.0 Å². The number of rotatable bonds is 14. The Morgan fingerprint density at radius 3 is 2.50 bits per heavy atom. The Morgan fingerprint density at radius 2 is 1.80 bits per heavy atom. The van der Waals surface area contributed by atoms with Gasteiger partial charge in [-0.15, -0.1) is 0 Å². The van der Waals surface area contributed by atoms with Gasteiger partial charge >= 0.3 is 12.0 Å². The van der Waals surface area contributed by atoms with Gasteiger partial charge in [0.15, 0.2) is 29.2 Å². The Kier molecular flexibility index (Phi) is 12.1. The molecule has 0 aliphatic carbocycles. The number of nitrogens with zero attached hydrogens (tertiary/aromatic N) is 1. The number of hydrazone groups is 1. The van der Waals surface area contributed by atoms with Crippen LogP contribution >= 0.6 is 22.6 Å². The van der Waals surface area contributed by atoms with Gasteiger partial charge in [-0.3, -0.25) is 5.43 Å². The fourth-order valence-corrected chi connectivity index (χ4v) is 5.40. The van der Waals surface area contributed by atoms with Gasteiger partial charge < -0.3 is 39.4 Å². The average Bonchev–Trinajstić information content (AvgIpc) is 3.03. The number of hydrogen-bond acceptors (Lipinski definition) is 10. The fraction of sp³-hybridized carbons (Fsp3) is 0.303. The molecule has 0 saturated carbocycles. The van der Waals surface area contributed by atoms with Crippen molar-refractivity contribution >= 4 is 40.8 Å². The molecule has 0 radical (unpaired) electrons. The summed E-state index contributed by atoms with van der Waals surface area (Å²) >= 11 is 2.18. The predicted molar refractivity (Wildman–Crippen MR) is 180 cm³/mol. The lowest BCUT2D eigenvalue weighted by molar-refractivity contribution is -0.136. The van der Waals surface area contributed by atoms with Crippen molar-refractivity contribution in [3.05, 3.63) is 91.7 Å². The number of carbonyl (C=O) groups excluding carboxylic acids is 2. The molecule has 1 heterocycles. The molecule has 0 aromatic heterocycles. The van der Waals surface area contributed by atoms with Crippen LogP contribution in [0.3, 0.4) is 0 Å². The number of aliphatic hydroxyl groups excluding tert-OH is 1. The van der Waals surface area contributed by atoms with Crippen molar-refractivity contribution < 1.29 is 38.4 Å². The van der Waals surface area contributed by atoms with Gasteiger partial charge in [-0.25, -0.2) is 9.59 Å². The molecule has 4 N–H and O–H groups in total. The Morgan fingerprint density at radius 1 is 1.04 bits per heavy atom. The smallest absolute Gasteiger partial charge is 0.337 e. The molecule has 0 spiro atoms. The molecule has 0 fully saturated rings. The summed E-state index contributed by atoms with van der Waals surface area (Å²) in [5.41, 5.74) is 6.87. The second kappa shape index (κ2) is 16.2. The van der Waals surface area contributed by atoms with E-state index in [1.165, 1.54) is 12.7 Å². The molecule has 0 unspecified atom stereocenters. The zero-order valence-corrected chi connectivity index (χ0v) is 28.3. The summed E-state index contributed by atoms with van der Waals surface area (Å²) in [5.74, 6) is 1.35. The Hall–Kier alpha value is -4.50. The highest BCUT2D eigenvalue weighted by Gasteiger charge is 2.32. The number of urea groups is 1. The third kappa shape index (κ3) is 8.81. The number of halogens is 1. The summed E-state index contributed by atoms with van der Waals surface area (Å²) in [7, 11) is 2.85. The number of methoxy groups -OCH3 is 2. The number of carbonyl (C=O) groups is 2. The van der Waals surface area contributed by atoms with Gasteiger partial charge in [0.1, 0.15) is 13.2 Å².